The molecule has 0 aliphatic heterocycles. The van der Waals surface area contributed by atoms with Crippen molar-refractivity contribution in [1.29, 1.82) is 0 Å². The van der Waals surface area contributed by atoms with Crippen molar-refractivity contribution in [3.8, 4) is 16.9 Å². The van der Waals surface area contributed by atoms with Crippen LogP contribution in [0.15, 0.2) is 54.6 Å². The van der Waals surface area contributed by atoms with Crippen molar-refractivity contribution in [2.24, 2.45) is 0 Å². The van der Waals surface area contributed by atoms with Gasteiger partial charge in [-0.05, 0) is 43.1 Å². The van der Waals surface area contributed by atoms with Crippen LogP contribution >= 0.6 is 12.4 Å². The summed E-state index contributed by atoms with van der Waals surface area (Å²) in [7, 11) is 2.24. The Labute approximate surface area is 152 Å². The molecular formula is C21H28ClNO. The van der Waals surface area contributed by atoms with Gasteiger partial charge < -0.3 is 9.64 Å². The minimum atomic E-state index is 0. The molecule has 2 nitrogen and oxygen atoms in total. The smallest absolute Gasteiger partial charge is 0.119 e. The van der Waals surface area contributed by atoms with Crippen molar-refractivity contribution in [2.75, 3.05) is 20.2 Å². The van der Waals surface area contributed by atoms with E-state index in [0.717, 1.165) is 24.9 Å². The van der Waals surface area contributed by atoms with Crippen LogP contribution in [-0.2, 0) is 0 Å². The number of rotatable bonds is 6. The molecule has 3 rings (SSSR count). The maximum atomic E-state index is 5.99. The van der Waals surface area contributed by atoms with Gasteiger partial charge in [-0.15, -0.1) is 12.4 Å². The fourth-order valence-electron chi connectivity index (χ4n) is 3.41. The maximum absolute atomic E-state index is 5.99. The molecule has 1 fully saturated rings. The predicted octanol–water partition coefficient (Wildman–Crippen LogP) is 5.42. The monoisotopic (exact) mass is 345 g/mol. The summed E-state index contributed by atoms with van der Waals surface area (Å²) in [5.74, 6) is 0.961. The molecule has 0 radical (unpaired) electrons. The largest absolute Gasteiger partial charge is 0.492 e. The van der Waals surface area contributed by atoms with Gasteiger partial charge in [0.1, 0.15) is 12.4 Å². The highest BCUT2D eigenvalue weighted by Crippen LogP contribution is 2.24. The summed E-state index contributed by atoms with van der Waals surface area (Å²) in [6.07, 6.45) is 6.87. The van der Waals surface area contributed by atoms with Gasteiger partial charge in [0.15, 0.2) is 0 Å². The van der Waals surface area contributed by atoms with E-state index in [2.05, 4.69) is 54.4 Å². The summed E-state index contributed by atoms with van der Waals surface area (Å²) in [4.78, 5) is 2.47. The van der Waals surface area contributed by atoms with Gasteiger partial charge in [0.05, 0.1) is 0 Å². The van der Waals surface area contributed by atoms with Crippen molar-refractivity contribution in [2.45, 2.75) is 38.1 Å². The molecule has 2 aromatic carbocycles. The Bertz CT molecular complexity index is 596. The summed E-state index contributed by atoms with van der Waals surface area (Å²) in [6.45, 7) is 1.76. The third-order valence-electron chi connectivity index (χ3n) is 4.85. The zero-order valence-corrected chi connectivity index (χ0v) is 15.3. The molecule has 1 saturated carbocycles. The van der Waals surface area contributed by atoms with E-state index in [9.17, 15) is 0 Å². The van der Waals surface area contributed by atoms with Gasteiger partial charge in [-0.25, -0.2) is 0 Å². The van der Waals surface area contributed by atoms with E-state index in [4.69, 9.17) is 4.74 Å². The summed E-state index contributed by atoms with van der Waals surface area (Å²) >= 11 is 0. The second-order valence-electron chi connectivity index (χ2n) is 6.51. The summed E-state index contributed by atoms with van der Waals surface area (Å²) in [5.41, 5.74) is 2.45. The molecule has 0 saturated heterocycles. The van der Waals surface area contributed by atoms with Crippen LogP contribution in [0.2, 0.25) is 0 Å². The molecule has 130 valence electrons. The zero-order chi connectivity index (χ0) is 15.9. The van der Waals surface area contributed by atoms with E-state index < -0.39 is 0 Å². The Morgan fingerprint density at radius 2 is 1.62 bits per heavy atom. The van der Waals surface area contributed by atoms with E-state index >= 15 is 0 Å². The molecule has 1 aliphatic carbocycles. The topological polar surface area (TPSA) is 12.5 Å². The first-order valence-electron chi connectivity index (χ1n) is 8.81. The Morgan fingerprint density at radius 1 is 0.917 bits per heavy atom. The highest BCUT2D eigenvalue weighted by Gasteiger charge is 2.17. The molecule has 1 aliphatic rings. The molecule has 0 amide bonds. The van der Waals surface area contributed by atoms with Crippen LogP contribution in [0.1, 0.15) is 32.1 Å². The summed E-state index contributed by atoms with van der Waals surface area (Å²) in [5, 5.41) is 0. The SMILES string of the molecule is CN(CCOc1cccc(-c2ccccc2)c1)C1CCCCC1.Cl. The molecule has 0 unspecified atom stereocenters. The Morgan fingerprint density at radius 3 is 2.38 bits per heavy atom. The number of nitrogens with zero attached hydrogens (tertiary/aromatic N) is 1. The maximum Gasteiger partial charge on any atom is 0.119 e. The van der Waals surface area contributed by atoms with Gasteiger partial charge in [0, 0.05) is 12.6 Å². The number of benzene rings is 2. The number of ether oxygens (including phenoxy) is 1. The van der Waals surface area contributed by atoms with Crippen molar-refractivity contribution >= 4 is 12.4 Å². The lowest BCUT2D eigenvalue weighted by Crippen LogP contribution is -2.36. The minimum Gasteiger partial charge on any atom is -0.492 e. The molecular weight excluding hydrogens is 318 g/mol. The van der Waals surface area contributed by atoms with Crippen LogP contribution in [0.5, 0.6) is 5.75 Å². The molecule has 0 aromatic heterocycles. The lowest BCUT2D eigenvalue weighted by Gasteiger charge is -2.31. The average Bonchev–Trinajstić information content (AvgIpc) is 2.63. The van der Waals surface area contributed by atoms with Crippen LogP contribution in [0.4, 0.5) is 0 Å². The first kappa shape index (κ1) is 18.8. The van der Waals surface area contributed by atoms with E-state index in [-0.39, 0.29) is 12.4 Å². The number of likely N-dealkylation sites (N-methyl/N-ethyl adjacent to an activating group) is 1. The van der Waals surface area contributed by atoms with Crippen LogP contribution < -0.4 is 4.74 Å². The zero-order valence-electron chi connectivity index (χ0n) is 14.5. The van der Waals surface area contributed by atoms with Gasteiger partial charge in [-0.2, -0.15) is 0 Å². The first-order valence-corrected chi connectivity index (χ1v) is 8.81. The van der Waals surface area contributed by atoms with Crippen molar-refractivity contribution < 1.29 is 4.74 Å². The molecule has 0 heterocycles. The summed E-state index contributed by atoms with van der Waals surface area (Å²) in [6, 6.07) is 19.6. The van der Waals surface area contributed by atoms with Gasteiger partial charge >= 0.3 is 0 Å². The quantitative estimate of drug-likeness (QED) is 0.693. The van der Waals surface area contributed by atoms with Gasteiger partial charge in [-0.1, -0.05) is 61.7 Å². The Kier molecular flexibility index (Phi) is 7.61. The van der Waals surface area contributed by atoms with E-state index in [1.165, 1.54) is 43.2 Å². The second kappa shape index (κ2) is 9.71. The van der Waals surface area contributed by atoms with Crippen molar-refractivity contribution in [3.63, 3.8) is 0 Å². The predicted molar refractivity (Wildman–Crippen MR) is 104 cm³/mol. The molecule has 2 aromatic rings. The first-order chi connectivity index (χ1) is 11.3. The fourth-order valence-corrected chi connectivity index (χ4v) is 3.41. The number of hydrogen-bond donors (Lipinski definition) is 0. The van der Waals surface area contributed by atoms with Gasteiger partial charge in [0.2, 0.25) is 0 Å². The van der Waals surface area contributed by atoms with E-state index in [1.807, 2.05) is 12.1 Å². The fraction of sp³-hybridized carbons (Fsp3) is 0.429. The van der Waals surface area contributed by atoms with Crippen molar-refractivity contribution in [1.82, 2.24) is 4.90 Å². The highest BCUT2D eigenvalue weighted by atomic mass is 35.5. The van der Waals surface area contributed by atoms with Gasteiger partial charge in [0.25, 0.3) is 0 Å². The Balaban J connectivity index is 0.00000208. The number of hydrogen-bond acceptors (Lipinski definition) is 2. The third kappa shape index (κ3) is 5.25. The van der Waals surface area contributed by atoms with Crippen LogP contribution in [0, 0.1) is 0 Å². The van der Waals surface area contributed by atoms with Crippen LogP contribution in [-0.4, -0.2) is 31.1 Å². The molecule has 0 bridgehead atoms. The average molecular weight is 346 g/mol. The molecule has 3 heteroatoms. The Hall–Kier alpha value is -1.51. The molecule has 0 atom stereocenters. The normalized spacial score (nSPS) is 15.1. The standard InChI is InChI=1S/C21H27NO.ClH/c1-22(20-12-6-3-7-13-20)15-16-23-21-14-8-11-19(17-21)18-9-4-2-5-10-18;/h2,4-5,8-11,14,17,20H,3,6-7,12-13,15-16H2,1H3;1H. The van der Waals surface area contributed by atoms with Crippen molar-refractivity contribution in [3.05, 3.63) is 54.6 Å². The lowest BCUT2D eigenvalue weighted by atomic mass is 9.94. The molecule has 24 heavy (non-hydrogen) atoms. The lowest BCUT2D eigenvalue weighted by molar-refractivity contribution is 0.160. The van der Waals surface area contributed by atoms with E-state index in [0.29, 0.717) is 0 Å². The van der Waals surface area contributed by atoms with E-state index in [1.54, 1.807) is 0 Å². The van der Waals surface area contributed by atoms with Gasteiger partial charge in [-0.3, -0.25) is 0 Å². The number of halogens is 1. The molecule has 0 spiro atoms. The highest BCUT2D eigenvalue weighted by molar-refractivity contribution is 5.85. The van der Waals surface area contributed by atoms with Crippen LogP contribution in [0.3, 0.4) is 0 Å². The summed E-state index contributed by atoms with van der Waals surface area (Å²) < 4.78 is 5.99. The van der Waals surface area contributed by atoms with Crippen LogP contribution in [0.25, 0.3) is 11.1 Å². The second-order valence-corrected chi connectivity index (χ2v) is 6.51. The molecule has 0 N–H and O–H groups in total. The minimum absolute atomic E-state index is 0. The third-order valence-corrected chi connectivity index (χ3v) is 4.85.